The average molecular weight is 383 g/mol. The first-order valence-electron chi connectivity index (χ1n) is 11.2. The number of rotatable bonds is 8. The van der Waals surface area contributed by atoms with Gasteiger partial charge in [-0.1, -0.05) is 0 Å². The molecular weight excluding hydrogens is 340 g/mol. The van der Waals surface area contributed by atoms with Crippen molar-refractivity contribution in [1.29, 1.82) is 0 Å². The lowest BCUT2D eigenvalue weighted by Crippen LogP contribution is -2.63. The zero-order valence-corrected chi connectivity index (χ0v) is 17.7. The van der Waals surface area contributed by atoms with Gasteiger partial charge in [0, 0.05) is 32.8 Å². The van der Waals surface area contributed by atoms with E-state index in [1.54, 1.807) is 0 Å². The van der Waals surface area contributed by atoms with Gasteiger partial charge >= 0.3 is 0 Å². The largest absolute Gasteiger partial charge is 0.381 e. The van der Waals surface area contributed by atoms with E-state index in [0.29, 0.717) is 18.2 Å². The third-order valence-electron chi connectivity index (χ3n) is 6.86. The molecule has 1 saturated heterocycles. The Kier molecular flexibility index (Phi) is 8.81. The van der Waals surface area contributed by atoms with Crippen LogP contribution in [0.25, 0.3) is 0 Å². The highest BCUT2D eigenvalue weighted by Gasteiger charge is 2.31. The van der Waals surface area contributed by atoms with E-state index in [-0.39, 0.29) is 6.29 Å². The highest BCUT2D eigenvalue weighted by molar-refractivity contribution is 4.87. The summed E-state index contributed by atoms with van der Waals surface area (Å²) in [6.07, 6.45) is 11.2. The van der Waals surface area contributed by atoms with Crippen LogP contribution in [-0.4, -0.2) is 76.9 Å². The van der Waals surface area contributed by atoms with Crippen LogP contribution in [0.1, 0.15) is 51.4 Å². The molecule has 6 heteroatoms. The molecule has 0 amide bonds. The van der Waals surface area contributed by atoms with Crippen LogP contribution in [0.5, 0.6) is 0 Å². The van der Waals surface area contributed by atoms with Gasteiger partial charge in [-0.2, -0.15) is 0 Å². The first-order chi connectivity index (χ1) is 13.1. The highest BCUT2D eigenvalue weighted by Crippen LogP contribution is 2.31. The fourth-order valence-electron chi connectivity index (χ4n) is 4.96. The molecule has 3 fully saturated rings. The van der Waals surface area contributed by atoms with Gasteiger partial charge in [0.15, 0.2) is 0 Å². The fourth-order valence-corrected chi connectivity index (χ4v) is 4.96. The second-order valence-corrected chi connectivity index (χ2v) is 9.10. The van der Waals surface area contributed by atoms with E-state index in [0.717, 1.165) is 38.1 Å². The van der Waals surface area contributed by atoms with E-state index in [1.165, 1.54) is 51.4 Å². The topological polar surface area (TPSA) is 57.8 Å². The molecule has 3 aliphatic rings. The molecule has 3 N–H and O–H groups in total. The Balaban J connectivity index is 1.28. The number of ether oxygens (including phenoxy) is 2. The number of hydrogen-bond donors (Lipinski definition) is 3. The summed E-state index contributed by atoms with van der Waals surface area (Å²) in [5.74, 6) is 1.62. The predicted molar refractivity (Wildman–Crippen MR) is 110 cm³/mol. The summed E-state index contributed by atoms with van der Waals surface area (Å²) < 4.78 is 11.5. The molecule has 0 bridgehead atoms. The lowest BCUT2D eigenvalue weighted by molar-refractivity contribution is 0.0132. The van der Waals surface area contributed by atoms with Crippen molar-refractivity contribution in [2.75, 3.05) is 47.4 Å². The third kappa shape index (κ3) is 6.94. The zero-order chi connectivity index (χ0) is 19.1. The smallest absolute Gasteiger partial charge is 0.112 e. The molecule has 0 aromatic heterocycles. The highest BCUT2D eigenvalue weighted by atomic mass is 16.5. The van der Waals surface area contributed by atoms with Crippen LogP contribution >= 0.6 is 0 Å². The van der Waals surface area contributed by atoms with Gasteiger partial charge in [-0.3, -0.25) is 16.0 Å². The van der Waals surface area contributed by atoms with Crippen LogP contribution in [0, 0.1) is 11.8 Å². The molecule has 2 saturated carbocycles. The molecule has 0 aromatic rings. The second-order valence-electron chi connectivity index (χ2n) is 9.10. The molecule has 0 atom stereocenters. The Morgan fingerprint density at radius 1 is 0.852 bits per heavy atom. The first kappa shape index (κ1) is 21.5. The summed E-state index contributed by atoms with van der Waals surface area (Å²) in [6.45, 7) is 4.14. The van der Waals surface area contributed by atoms with Gasteiger partial charge in [-0.25, -0.2) is 0 Å². The number of methoxy groups -OCH3 is 1. The Bertz CT molecular complexity index is 399. The van der Waals surface area contributed by atoms with E-state index in [1.807, 2.05) is 7.11 Å². The van der Waals surface area contributed by atoms with Gasteiger partial charge in [0.25, 0.3) is 0 Å². The first-order valence-corrected chi connectivity index (χ1v) is 11.2. The summed E-state index contributed by atoms with van der Waals surface area (Å²) in [7, 11) is 6.06. The van der Waals surface area contributed by atoms with Crippen molar-refractivity contribution in [3.05, 3.63) is 0 Å². The maximum Gasteiger partial charge on any atom is 0.112 e. The van der Waals surface area contributed by atoms with Crippen molar-refractivity contribution >= 4 is 0 Å². The Morgan fingerprint density at radius 2 is 1.48 bits per heavy atom. The van der Waals surface area contributed by atoms with Crippen molar-refractivity contribution in [3.63, 3.8) is 0 Å². The quantitative estimate of drug-likeness (QED) is 0.595. The van der Waals surface area contributed by atoms with Crippen molar-refractivity contribution in [3.8, 4) is 0 Å². The minimum atomic E-state index is 0.271. The molecule has 6 nitrogen and oxygen atoms in total. The summed E-state index contributed by atoms with van der Waals surface area (Å²) in [5, 5.41) is 11.2. The molecule has 0 radical (unpaired) electrons. The Hall–Kier alpha value is -0.240. The molecule has 2 aliphatic carbocycles. The lowest BCUT2D eigenvalue weighted by atomic mass is 9.78. The van der Waals surface area contributed by atoms with E-state index < -0.39 is 0 Å². The van der Waals surface area contributed by atoms with Crippen molar-refractivity contribution in [2.24, 2.45) is 11.8 Å². The van der Waals surface area contributed by atoms with Crippen LogP contribution in [0.2, 0.25) is 0 Å². The van der Waals surface area contributed by atoms with Gasteiger partial charge in [0.2, 0.25) is 0 Å². The number of nitrogens with zero attached hydrogens (tertiary/aromatic N) is 1. The number of hydrogen-bond acceptors (Lipinski definition) is 6. The van der Waals surface area contributed by atoms with Crippen molar-refractivity contribution in [2.45, 2.75) is 75.9 Å². The summed E-state index contributed by atoms with van der Waals surface area (Å²) in [6, 6.07) is 0.609. The second kappa shape index (κ2) is 11.1. The number of likely N-dealkylation sites (N-methyl/N-ethyl adjacent to an activating group) is 1. The van der Waals surface area contributed by atoms with Crippen LogP contribution in [0.3, 0.4) is 0 Å². The van der Waals surface area contributed by atoms with E-state index >= 15 is 0 Å². The van der Waals surface area contributed by atoms with Gasteiger partial charge in [-0.05, 0) is 77.3 Å². The summed E-state index contributed by atoms with van der Waals surface area (Å²) in [5.41, 5.74) is 0. The summed E-state index contributed by atoms with van der Waals surface area (Å²) >= 11 is 0. The summed E-state index contributed by atoms with van der Waals surface area (Å²) in [4.78, 5) is 2.18. The lowest BCUT2D eigenvalue weighted by Gasteiger charge is -2.40. The fraction of sp³-hybridized carbons (Fsp3) is 1.00. The molecule has 158 valence electrons. The van der Waals surface area contributed by atoms with Gasteiger partial charge in [0.1, 0.15) is 6.29 Å². The van der Waals surface area contributed by atoms with Crippen molar-refractivity contribution < 1.29 is 9.47 Å². The minimum Gasteiger partial charge on any atom is -0.381 e. The molecule has 27 heavy (non-hydrogen) atoms. The van der Waals surface area contributed by atoms with Gasteiger partial charge in [0.05, 0.1) is 18.8 Å². The molecule has 0 unspecified atom stereocenters. The number of nitrogens with one attached hydrogen (secondary N) is 3. The van der Waals surface area contributed by atoms with Crippen LogP contribution in [0.4, 0.5) is 0 Å². The molecule has 1 heterocycles. The maximum atomic E-state index is 6.02. The third-order valence-corrected chi connectivity index (χ3v) is 6.86. The zero-order valence-electron chi connectivity index (χ0n) is 17.7. The van der Waals surface area contributed by atoms with Crippen LogP contribution in [0.15, 0.2) is 0 Å². The van der Waals surface area contributed by atoms with Crippen molar-refractivity contribution in [1.82, 2.24) is 20.9 Å². The standard InChI is InChI=1S/C21H42N4O2/c1-25(2)12-13-27-20-10-6-18(7-11-20)24-21-22-14-17(15-23-21)16-4-8-19(26-3)9-5-16/h16-24H,4-15H2,1-3H3. The molecule has 0 spiro atoms. The maximum absolute atomic E-state index is 6.02. The van der Waals surface area contributed by atoms with Crippen LogP contribution in [-0.2, 0) is 9.47 Å². The molecule has 1 aliphatic heterocycles. The predicted octanol–water partition coefficient (Wildman–Crippen LogP) is 1.76. The molecule has 3 rings (SSSR count). The Morgan fingerprint density at radius 3 is 2.07 bits per heavy atom. The SMILES string of the molecule is COC1CCC(C2CNC(NC3CCC(OCCN(C)C)CC3)NC2)CC1. The van der Waals surface area contributed by atoms with Gasteiger partial charge in [-0.15, -0.1) is 0 Å². The van der Waals surface area contributed by atoms with Gasteiger partial charge < -0.3 is 14.4 Å². The normalized spacial score (nSPS) is 38.2. The van der Waals surface area contributed by atoms with E-state index in [9.17, 15) is 0 Å². The monoisotopic (exact) mass is 382 g/mol. The average Bonchev–Trinajstić information content (AvgIpc) is 2.70. The van der Waals surface area contributed by atoms with Crippen LogP contribution < -0.4 is 16.0 Å². The van der Waals surface area contributed by atoms with E-state index in [2.05, 4.69) is 34.9 Å². The Labute approximate surface area is 166 Å². The van der Waals surface area contributed by atoms with E-state index in [4.69, 9.17) is 9.47 Å². The minimum absolute atomic E-state index is 0.271. The molecule has 0 aromatic carbocycles. The molecular formula is C21H42N4O2.